The highest BCUT2D eigenvalue weighted by atomic mass is 16.4. The van der Waals surface area contributed by atoms with Gasteiger partial charge in [0.05, 0.1) is 12.6 Å². The van der Waals surface area contributed by atoms with Gasteiger partial charge in [0.2, 0.25) is 0 Å². The number of aromatic nitrogens is 2. The summed E-state index contributed by atoms with van der Waals surface area (Å²) in [6.45, 7) is 3.92. The molecule has 0 saturated carbocycles. The molecule has 0 aliphatic heterocycles. The van der Waals surface area contributed by atoms with Gasteiger partial charge in [0.15, 0.2) is 5.69 Å². The monoisotopic (exact) mass is 225 g/mol. The molecular formula is C10H15N3O3. The first kappa shape index (κ1) is 12.4. The van der Waals surface area contributed by atoms with Crippen LogP contribution in [0.5, 0.6) is 0 Å². The van der Waals surface area contributed by atoms with E-state index in [9.17, 15) is 4.79 Å². The predicted molar refractivity (Wildman–Crippen MR) is 58.3 cm³/mol. The maximum Gasteiger partial charge on any atom is 0.356 e. The maximum absolute atomic E-state index is 10.5. The molecular weight excluding hydrogens is 210 g/mol. The van der Waals surface area contributed by atoms with Gasteiger partial charge in [-0.2, -0.15) is 0 Å². The fourth-order valence-electron chi connectivity index (χ4n) is 1.14. The van der Waals surface area contributed by atoms with Crippen LogP contribution in [0.3, 0.4) is 0 Å². The van der Waals surface area contributed by atoms with E-state index in [1.807, 2.05) is 13.8 Å². The molecule has 0 aliphatic rings. The Kier molecular flexibility index (Phi) is 4.19. The second-order valence-electron chi connectivity index (χ2n) is 3.79. The van der Waals surface area contributed by atoms with Gasteiger partial charge in [-0.05, 0) is 18.1 Å². The van der Waals surface area contributed by atoms with E-state index in [0.717, 1.165) is 0 Å². The molecule has 1 aromatic rings. The molecule has 0 unspecified atom stereocenters. The third kappa shape index (κ3) is 3.16. The van der Waals surface area contributed by atoms with Gasteiger partial charge >= 0.3 is 5.97 Å². The summed E-state index contributed by atoms with van der Waals surface area (Å²) in [6.07, 6.45) is 0. The Morgan fingerprint density at radius 2 is 2.12 bits per heavy atom. The Morgan fingerprint density at radius 3 is 2.50 bits per heavy atom. The van der Waals surface area contributed by atoms with Crippen LogP contribution in [-0.2, 0) is 0 Å². The van der Waals surface area contributed by atoms with Gasteiger partial charge in [0, 0.05) is 0 Å². The number of carboxylic acid groups (broad SMARTS) is 1. The summed E-state index contributed by atoms with van der Waals surface area (Å²) in [6, 6.07) is 2.78. The SMILES string of the molecule is CC(C)[C@@H](CO)Nc1ccc(C(=O)O)nn1. The Morgan fingerprint density at radius 1 is 1.44 bits per heavy atom. The van der Waals surface area contributed by atoms with E-state index in [2.05, 4.69) is 15.5 Å². The van der Waals surface area contributed by atoms with Gasteiger partial charge in [-0.3, -0.25) is 0 Å². The Hall–Kier alpha value is -1.69. The van der Waals surface area contributed by atoms with Crippen molar-refractivity contribution in [2.75, 3.05) is 11.9 Å². The van der Waals surface area contributed by atoms with E-state index < -0.39 is 5.97 Å². The smallest absolute Gasteiger partial charge is 0.356 e. The van der Waals surface area contributed by atoms with Crippen LogP contribution < -0.4 is 5.32 Å². The van der Waals surface area contributed by atoms with E-state index in [0.29, 0.717) is 5.82 Å². The zero-order valence-corrected chi connectivity index (χ0v) is 9.21. The zero-order valence-electron chi connectivity index (χ0n) is 9.21. The lowest BCUT2D eigenvalue weighted by Crippen LogP contribution is -2.30. The number of hydrogen-bond donors (Lipinski definition) is 3. The first-order chi connectivity index (χ1) is 7.54. The first-order valence-electron chi connectivity index (χ1n) is 4.99. The largest absolute Gasteiger partial charge is 0.476 e. The number of aromatic carboxylic acids is 1. The van der Waals surface area contributed by atoms with Crippen LogP contribution in [0, 0.1) is 5.92 Å². The second-order valence-corrected chi connectivity index (χ2v) is 3.79. The molecule has 0 amide bonds. The summed E-state index contributed by atoms with van der Waals surface area (Å²) in [5.41, 5.74) is -0.101. The number of anilines is 1. The van der Waals surface area contributed by atoms with Gasteiger partial charge in [-0.15, -0.1) is 10.2 Å². The van der Waals surface area contributed by atoms with Crippen LogP contribution in [0.1, 0.15) is 24.3 Å². The van der Waals surface area contributed by atoms with E-state index >= 15 is 0 Å². The van der Waals surface area contributed by atoms with Gasteiger partial charge in [-0.1, -0.05) is 13.8 Å². The van der Waals surface area contributed by atoms with E-state index in [1.165, 1.54) is 12.1 Å². The molecule has 0 aliphatic carbocycles. The molecule has 6 heteroatoms. The molecule has 0 radical (unpaired) electrons. The lowest BCUT2D eigenvalue weighted by molar-refractivity contribution is 0.0689. The maximum atomic E-state index is 10.5. The van der Waals surface area contributed by atoms with Crippen LogP contribution in [0.2, 0.25) is 0 Å². The fraction of sp³-hybridized carbons (Fsp3) is 0.500. The molecule has 1 heterocycles. The topological polar surface area (TPSA) is 95.3 Å². The van der Waals surface area contributed by atoms with Crippen molar-refractivity contribution in [1.29, 1.82) is 0 Å². The number of carboxylic acids is 1. The summed E-state index contributed by atoms with van der Waals surface area (Å²) in [7, 11) is 0. The highest BCUT2D eigenvalue weighted by Crippen LogP contribution is 2.09. The Balaban J connectivity index is 2.71. The van der Waals surface area contributed by atoms with Crippen molar-refractivity contribution >= 4 is 11.8 Å². The number of rotatable bonds is 5. The number of aliphatic hydroxyl groups excluding tert-OH is 1. The van der Waals surface area contributed by atoms with Crippen molar-refractivity contribution in [3.63, 3.8) is 0 Å². The molecule has 0 fully saturated rings. The van der Waals surface area contributed by atoms with Crippen molar-refractivity contribution in [3.05, 3.63) is 17.8 Å². The van der Waals surface area contributed by atoms with Gasteiger partial charge in [0.1, 0.15) is 5.82 Å². The van der Waals surface area contributed by atoms with Crippen LogP contribution in [0.4, 0.5) is 5.82 Å². The van der Waals surface area contributed by atoms with Crippen molar-refractivity contribution in [1.82, 2.24) is 10.2 Å². The first-order valence-corrected chi connectivity index (χ1v) is 4.99. The number of carbonyl (C=O) groups is 1. The average molecular weight is 225 g/mol. The van der Waals surface area contributed by atoms with Crippen LogP contribution >= 0.6 is 0 Å². The van der Waals surface area contributed by atoms with Gasteiger partial charge < -0.3 is 15.5 Å². The van der Waals surface area contributed by atoms with E-state index in [-0.39, 0.29) is 24.3 Å². The molecule has 0 aromatic carbocycles. The minimum Gasteiger partial charge on any atom is -0.476 e. The standard InChI is InChI=1S/C10H15N3O3/c1-6(2)8(5-14)11-9-4-3-7(10(15)16)12-13-9/h3-4,6,8,14H,5H2,1-2H3,(H,11,13)(H,15,16)/t8-/m1/s1. The minimum absolute atomic E-state index is 0.0139. The number of aliphatic hydroxyl groups is 1. The number of hydrogen-bond acceptors (Lipinski definition) is 5. The van der Waals surface area contributed by atoms with Gasteiger partial charge in [-0.25, -0.2) is 4.79 Å². The minimum atomic E-state index is -1.11. The summed E-state index contributed by atoms with van der Waals surface area (Å²) in [4.78, 5) is 10.5. The molecule has 1 atom stereocenters. The molecule has 0 saturated heterocycles. The van der Waals surface area contributed by atoms with Crippen LogP contribution in [0.25, 0.3) is 0 Å². The van der Waals surface area contributed by atoms with Gasteiger partial charge in [0.25, 0.3) is 0 Å². The molecule has 1 rings (SSSR count). The molecule has 1 aromatic heterocycles. The number of nitrogens with zero attached hydrogens (tertiary/aromatic N) is 2. The lowest BCUT2D eigenvalue weighted by Gasteiger charge is -2.19. The molecule has 16 heavy (non-hydrogen) atoms. The van der Waals surface area contributed by atoms with Crippen LogP contribution in [-0.4, -0.2) is 39.0 Å². The third-order valence-electron chi connectivity index (χ3n) is 2.22. The summed E-state index contributed by atoms with van der Waals surface area (Å²) in [5.74, 6) is -0.412. The molecule has 3 N–H and O–H groups in total. The Labute approximate surface area is 93.3 Å². The highest BCUT2D eigenvalue weighted by molar-refractivity contribution is 5.85. The Bertz CT molecular complexity index is 351. The summed E-state index contributed by atoms with van der Waals surface area (Å²) in [5, 5.41) is 28.0. The quantitative estimate of drug-likeness (QED) is 0.679. The van der Waals surface area contributed by atoms with Crippen molar-refractivity contribution in [2.45, 2.75) is 19.9 Å². The normalized spacial score (nSPS) is 12.5. The molecule has 0 spiro atoms. The lowest BCUT2D eigenvalue weighted by atomic mass is 10.1. The van der Waals surface area contributed by atoms with Crippen molar-refractivity contribution in [3.8, 4) is 0 Å². The van der Waals surface area contributed by atoms with E-state index in [4.69, 9.17) is 10.2 Å². The average Bonchev–Trinajstić information content (AvgIpc) is 2.26. The predicted octanol–water partition coefficient (Wildman–Crippen LogP) is 0.604. The zero-order chi connectivity index (χ0) is 12.1. The molecule has 0 bridgehead atoms. The molecule has 88 valence electrons. The second kappa shape index (κ2) is 5.41. The van der Waals surface area contributed by atoms with Crippen molar-refractivity contribution in [2.24, 2.45) is 5.92 Å². The fourth-order valence-corrected chi connectivity index (χ4v) is 1.14. The number of nitrogens with one attached hydrogen (secondary N) is 1. The van der Waals surface area contributed by atoms with E-state index in [1.54, 1.807) is 0 Å². The summed E-state index contributed by atoms with van der Waals surface area (Å²) < 4.78 is 0. The van der Waals surface area contributed by atoms with Crippen molar-refractivity contribution < 1.29 is 15.0 Å². The highest BCUT2D eigenvalue weighted by Gasteiger charge is 2.13. The summed E-state index contributed by atoms with van der Waals surface area (Å²) >= 11 is 0. The molecule has 6 nitrogen and oxygen atoms in total. The van der Waals surface area contributed by atoms with Crippen LogP contribution in [0.15, 0.2) is 12.1 Å². The third-order valence-corrected chi connectivity index (χ3v) is 2.22.